The van der Waals surface area contributed by atoms with Crippen molar-refractivity contribution in [1.82, 2.24) is 14.7 Å². The zero-order valence-corrected chi connectivity index (χ0v) is 18.9. The molecule has 0 saturated carbocycles. The van der Waals surface area contributed by atoms with Crippen molar-refractivity contribution in [2.75, 3.05) is 0 Å². The first-order chi connectivity index (χ1) is 14.0. The van der Waals surface area contributed by atoms with Crippen LogP contribution in [0.4, 0.5) is 4.79 Å². The fraction of sp³-hybridized carbons (Fsp3) is 0.318. The number of aromatic nitrogens is 2. The number of amides is 1. The van der Waals surface area contributed by atoms with Gasteiger partial charge < -0.3 is 19.6 Å². The molecule has 1 atom stereocenters. The first-order valence-corrected chi connectivity index (χ1v) is 10.3. The van der Waals surface area contributed by atoms with Gasteiger partial charge in [-0.25, -0.2) is 14.6 Å². The molecule has 0 saturated heterocycles. The number of rotatable bonds is 5. The zero-order valence-electron chi connectivity index (χ0n) is 17.3. The molecular formula is C22H24BrN3O4. The summed E-state index contributed by atoms with van der Waals surface area (Å²) in [6.45, 7) is 7.14. The van der Waals surface area contributed by atoms with Gasteiger partial charge in [-0.1, -0.05) is 28.1 Å². The maximum Gasteiger partial charge on any atom is 0.408 e. The Balaban J connectivity index is 2.01. The van der Waals surface area contributed by atoms with E-state index in [1.807, 2.05) is 53.9 Å². The smallest absolute Gasteiger partial charge is 0.408 e. The van der Waals surface area contributed by atoms with Crippen LogP contribution in [0.5, 0.6) is 0 Å². The number of ether oxygens (including phenoxy) is 1. The van der Waals surface area contributed by atoms with Gasteiger partial charge in [-0.3, -0.25) is 0 Å². The average Bonchev–Trinajstić information content (AvgIpc) is 2.97. The van der Waals surface area contributed by atoms with Crippen LogP contribution in [-0.2, 0) is 16.0 Å². The molecule has 8 heteroatoms. The third-order valence-electron chi connectivity index (χ3n) is 4.38. The number of aryl methyl sites for hydroxylation is 1. The topological polar surface area (TPSA) is 92.9 Å². The summed E-state index contributed by atoms with van der Waals surface area (Å²) in [6, 6.07) is 10.3. The fourth-order valence-corrected chi connectivity index (χ4v) is 3.34. The number of hydrogen-bond donors (Lipinski definition) is 2. The molecule has 1 amide bonds. The van der Waals surface area contributed by atoms with Crippen LogP contribution in [-0.4, -0.2) is 38.2 Å². The number of aliphatic carboxylic acids is 1. The van der Waals surface area contributed by atoms with E-state index in [1.165, 1.54) is 0 Å². The van der Waals surface area contributed by atoms with E-state index in [-0.39, 0.29) is 6.42 Å². The molecule has 3 aromatic rings. The van der Waals surface area contributed by atoms with Crippen LogP contribution in [0.2, 0.25) is 0 Å². The third-order valence-corrected chi connectivity index (χ3v) is 4.91. The molecule has 3 rings (SSSR count). The number of alkyl carbamates (subject to hydrolysis) is 1. The van der Waals surface area contributed by atoms with Gasteiger partial charge in [0.2, 0.25) is 0 Å². The monoisotopic (exact) mass is 473 g/mol. The molecule has 7 nitrogen and oxygen atoms in total. The van der Waals surface area contributed by atoms with E-state index in [2.05, 4.69) is 21.2 Å². The molecule has 1 aromatic carbocycles. The number of halogens is 1. The highest BCUT2D eigenvalue weighted by molar-refractivity contribution is 9.10. The molecule has 158 valence electrons. The highest BCUT2D eigenvalue weighted by atomic mass is 79.9. The largest absolute Gasteiger partial charge is 0.480 e. The minimum atomic E-state index is -1.17. The zero-order chi connectivity index (χ0) is 22.1. The quantitative estimate of drug-likeness (QED) is 0.564. The molecule has 0 fully saturated rings. The maximum atomic E-state index is 12.2. The molecule has 0 spiro atoms. The molecule has 2 aromatic heterocycles. The van der Waals surface area contributed by atoms with E-state index in [4.69, 9.17) is 9.72 Å². The van der Waals surface area contributed by atoms with Gasteiger partial charge in [0.1, 0.15) is 17.3 Å². The Kier molecular flexibility index (Phi) is 6.17. The molecule has 0 radical (unpaired) electrons. The average molecular weight is 474 g/mol. The maximum absolute atomic E-state index is 12.2. The number of nitrogens with one attached hydrogen (secondary N) is 1. The first kappa shape index (κ1) is 21.8. The molecule has 0 aliphatic heterocycles. The Hall–Kier alpha value is -2.87. The van der Waals surface area contributed by atoms with Crippen molar-refractivity contribution >= 4 is 33.6 Å². The fourth-order valence-electron chi connectivity index (χ4n) is 3.07. The van der Waals surface area contributed by atoms with Crippen molar-refractivity contribution in [3.8, 4) is 11.3 Å². The van der Waals surface area contributed by atoms with Crippen LogP contribution >= 0.6 is 15.9 Å². The summed E-state index contributed by atoms with van der Waals surface area (Å²) in [5.41, 5.74) is 3.25. The Morgan fingerprint density at radius 1 is 1.23 bits per heavy atom. The predicted molar refractivity (Wildman–Crippen MR) is 118 cm³/mol. The van der Waals surface area contributed by atoms with Crippen LogP contribution in [0.25, 0.3) is 16.9 Å². The molecule has 0 bridgehead atoms. The van der Waals surface area contributed by atoms with Gasteiger partial charge in [0.15, 0.2) is 0 Å². The Labute approximate surface area is 183 Å². The molecular weight excluding hydrogens is 450 g/mol. The second-order valence-electron chi connectivity index (χ2n) is 8.09. The Morgan fingerprint density at radius 3 is 2.50 bits per heavy atom. The van der Waals surface area contributed by atoms with Crippen LogP contribution < -0.4 is 5.32 Å². The summed E-state index contributed by atoms with van der Waals surface area (Å²) < 4.78 is 8.02. The molecule has 30 heavy (non-hydrogen) atoms. The Bertz CT molecular complexity index is 1080. The SMILES string of the molecule is Cc1ccn2c(CC(NC(=O)OC(C)(C)C)C(=O)O)c(-c3ccc(Br)cc3)nc2c1. The van der Waals surface area contributed by atoms with Crippen molar-refractivity contribution in [2.45, 2.75) is 45.8 Å². The number of carboxylic acids is 1. The number of benzene rings is 1. The number of carbonyl (C=O) groups excluding carboxylic acids is 1. The lowest BCUT2D eigenvalue weighted by Gasteiger charge is -2.22. The van der Waals surface area contributed by atoms with E-state index in [0.29, 0.717) is 17.0 Å². The van der Waals surface area contributed by atoms with Gasteiger partial charge in [0, 0.05) is 22.7 Å². The second-order valence-corrected chi connectivity index (χ2v) is 9.00. The van der Waals surface area contributed by atoms with Gasteiger partial charge in [-0.2, -0.15) is 0 Å². The van der Waals surface area contributed by atoms with E-state index in [9.17, 15) is 14.7 Å². The van der Waals surface area contributed by atoms with E-state index < -0.39 is 23.7 Å². The van der Waals surface area contributed by atoms with Crippen molar-refractivity contribution < 1.29 is 19.4 Å². The second kappa shape index (κ2) is 8.47. The van der Waals surface area contributed by atoms with Gasteiger partial charge in [0.25, 0.3) is 0 Å². The number of fused-ring (bicyclic) bond motifs is 1. The van der Waals surface area contributed by atoms with Crippen molar-refractivity contribution in [3.63, 3.8) is 0 Å². The van der Waals surface area contributed by atoms with Crippen LogP contribution in [0.3, 0.4) is 0 Å². The van der Waals surface area contributed by atoms with E-state index in [1.54, 1.807) is 20.8 Å². The van der Waals surface area contributed by atoms with Crippen molar-refractivity contribution in [3.05, 3.63) is 58.3 Å². The van der Waals surface area contributed by atoms with E-state index in [0.717, 1.165) is 15.6 Å². The molecule has 2 N–H and O–H groups in total. The minimum Gasteiger partial charge on any atom is -0.480 e. The summed E-state index contributed by atoms with van der Waals surface area (Å²) in [5, 5.41) is 12.2. The lowest BCUT2D eigenvalue weighted by atomic mass is 10.0. The first-order valence-electron chi connectivity index (χ1n) is 9.49. The van der Waals surface area contributed by atoms with Crippen molar-refractivity contribution in [1.29, 1.82) is 0 Å². The summed E-state index contributed by atoms with van der Waals surface area (Å²) in [6.07, 6.45) is 1.14. The molecule has 1 unspecified atom stereocenters. The van der Waals surface area contributed by atoms with Crippen LogP contribution in [0.1, 0.15) is 32.0 Å². The van der Waals surface area contributed by atoms with Crippen LogP contribution in [0, 0.1) is 6.92 Å². The van der Waals surface area contributed by atoms with E-state index >= 15 is 0 Å². The molecule has 0 aliphatic carbocycles. The molecule has 2 heterocycles. The third kappa shape index (κ3) is 5.18. The highest BCUT2D eigenvalue weighted by Gasteiger charge is 2.27. The van der Waals surface area contributed by atoms with Crippen LogP contribution in [0.15, 0.2) is 47.1 Å². The lowest BCUT2D eigenvalue weighted by Crippen LogP contribution is -2.44. The lowest BCUT2D eigenvalue weighted by molar-refractivity contribution is -0.139. The van der Waals surface area contributed by atoms with Gasteiger partial charge in [-0.05, 0) is 57.5 Å². The molecule has 0 aliphatic rings. The van der Waals surface area contributed by atoms with Gasteiger partial charge in [-0.15, -0.1) is 0 Å². The highest BCUT2D eigenvalue weighted by Crippen LogP contribution is 2.27. The predicted octanol–water partition coefficient (Wildman–Crippen LogP) is 4.59. The normalized spacial score (nSPS) is 12.6. The summed E-state index contributed by atoms with van der Waals surface area (Å²) in [7, 11) is 0. The number of pyridine rings is 1. The minimum absolute atomic E-state index is 0.0458. The van der Waals surface area contributed by atoms with Gasteiger partial charge >= 0.3 is 12.1 Å². The van der Waals surface area contributed by atoms with Crippen molar-refractivity contribution in [2.24, 2.45) is 0 Å². The number of carbonyl (C=O) groups is 2. The Morgan fingerprint density at radius 2 is 1.90 bits per heavy atom. The van der Waals surface area contributed by atoms with Gasteiger partial charge in [0.05, 0.1) is 11.4 Å². The number of carboxylic acid groups (broad SMARTS) is 1. The summed E-state index contributed by atoms with van der Waals surface area (Å²) in [4.78, 5) is 28.8. The number of imidazole rings is 1. The summed E-state index contributed by atoms with van der Waals surface area (Å²) in [5.74, 6) is -1.15. The standard InChI is InChI=1S/C22H24BrN3O4/c1-13-9-10-26-17(12-16(20(27)28)24-21(29)30-22(2,3)4)19(25-18(26)11-13)14-5-7-15(23)8-6-14/h5-11,16H,12H2,1-4H3,(H,24,29)(H,27,28). The number of nitrogens with zero attached hydrogens (tertiary/aromatic N) is 2. The number of hydrogen-bond acceptors (Lipinski definition) is 4. The summed E-state index contributed by atoms with van der Waals surface area (Å²) >= 11 is 3.43.